The van der Waals surface area contributed by atoms with Crippen molar-refractivity contribution in [2.24, 2.45) is 0 Å². The van der Waals surface area contributed by atoms with Crippen LogP contribution < -0.4 is 0 Å². The van der Waals surface area contributed by atoms with Crippen molar-refractivity contribution >= 4 is 5.97 Å². The number of aliphatic hydroxyl groups is 1. The molecule has 0 saturated heterocycles. The molecule has 2 aromatic carbocycles. The van der Waals surface area contributed by atoms with E-state index in [0.29, 0.717) is 0 Å². The van der Waals surface area contributed by atoms with Gasteiger partial charge in [0.2, 0.25) is 0 Å². The minimum atomic E-state index is -0.833. The highest BCUT2D eigenvalue weighted by molar-refractivity contribution is 5.62. The fourth-order valence-electron chi connectivity index (χ4n) is 1.46. The Morgan fingerprint density at radius 2 is 1.17 bits per heavy atom. The van der Waals surface area contributed by atoms with E-state index < -0.39 is 12.1 Å². The first-order chi connectivity index (χ1) is 8.61. The predicted molar refractivity (Wildman–Crippen MR) is 70.3 cm³/mol. The lowest BCUT2D eigenvalue weighted by Gasteiger charge is -2.10. The highest BCUT2D eigenvalue weighted by Gasteiger charge is 2.07. The molecule has 0 aliphatic heterocycles. The monoisotopic (exact) mass is 244 g/mol. The predicted octanol–water partition coefficient (Wildman–Crippen LogP) is 2.86. The Labute approximate surface area is 106 Å². The lowest BCUT2D eigenvalue weighted by molar-refractivity contribution is -0.134. The molecule has 0 amide bonds. The molecule has 3 nitrogen and oxygen atoms in total. The number of carbonyl (C=O) groups is 1. The van der Waals surface area contributed by atoms with E-state index >= 15 is 0 Å². The normalized spacial score (nSPS) is 9.50. The molecule has 0 radical (unpaired) electrons. The van der Waals surface area contributed by atoms with Gasteiger partial charge in [-0.25, -0.2) is 0 Å². The van der Waals surface area contributed by atoms with Crippen molar-refractivity contribution in [1.29, 1.82) is 0 Å². The topological polar surface area (TPSA) is 57.5 Å². The summed E-state index contributed by atoms with van der Waals surface area (Å²) in [7, 11) is 0. The Kier molecular flexibility index (Phi) is 5.61. The summed E-state index contributed by atoms with van der Waals surface area (Å²) < 4.78 is 0. The quantitative estimate of drug-likeness (QED) is 0.854. The first-order valence-corrected chi connectivity index (χ1v) is 5.58. The van der Waals surface area contributed by atoms with Crippen molar-refractivity contribution in [1.82, 2.24) is 0 Å². The minimum absolute atomic E-state index is 0.516. The molecular formula is C15H16O3. The molecule has 2 aromatic rings. The maximum Gasteiger partial charge on any atom is 0.300 e. The summed E-state index contributed by atoms with van der Waals surface area (Å²) in [5.74, 6) is -0.833. The lowest BCUT2D eigenvalue weighted by Crippen LogP contribution is -1.98. The van der Waals surface area contributed by atoms with Crippen molar-refractivity contribution in [3.05, 3.63) is 71.8 Å². The zero-order chi connectivity index (χ0) is 13.4. The van der Waals surface area contributed by atoms with Gasteiger partial charge in [0, 0.05) is 6.92 Å². The van der Waals surface area contributed by atoms with Gasteiger partial charge in [0.15, 0.2) is 0 Å². The summed E-state index contributed by atoms with van der Waals surface area (Å²) in [5, 5.41) is 17.4. The van der Waals surface area contributed by atoms with E-state index in [1.165, 1.54) is 0 Å². The Balaban J connectivity index is 0.000000357. The molecule has 0 saturated carbocycles. The second-order valence-corrected chi connectivity index (χ2v) is 3.74. The highest BCUT2D eigenvalue weighted by atomic mass is 16.4. The van der Waals surface area contributed by atoms with E-state index in [2.05, 4.69) is 0 Å². The fourth-order valence-corrected chi connectivity index (χ4v) is 1.46. The molecule has 2 rings (SSSR count). The van der Waals surface area contributed by atoms with Crippen molar-refractivity contribution in [2.45, 2.75) is 13.0 Å². The molecule has 3 heteroatoms. The van der Waals surface area contributed by atoms with Crippen LogP contribution >= 0.6 is 0 Å². The van der Waals surface area contributed by atoms with E-state index in [0.717, 1.165) is 18.1 Å². The second-order valence-electron chi connectivity index (χ2n) is 3.74. The number of rotatable bonds is 2. The van der Waals surface area contributed by atoms with E-state index in [4.69, 9.17) is 9.90 Å². The van der Waals surface area contributed by atoms with E-state index in [9.17, 15) is 5.11 Å². The number of carboxylic acid groups (broad SMARTS) is 1. The van der Waals surface area contributed by atoms with Crippen LogP contribution in [0.5, 0.6) is 0 Å². The number of aliphatic carboxylic acids is 1. The molecular weight excluding hydrogens is 228 g/mol. The standard InChI is InChI=1S/C13H12O.C2H4O2/c14-13(11-7-3-1-4-8-11)12-9-5-2-6-10-12;1-2(3)4/h1-10,13-14H;1H3,(H,3,4). The second kappa shape index (κ2) is 7.25. The zero-order valence-electron chi connectivity index (χ0n) is 10.2. The van der Waals surface area contributed by atoms with E-state index in [1.54, 1.807) is 0 Å². The van der Waals surface area contributed by atoms with Crippen molar-refractivity contribution < 1.29 is 15.0 Å². The van der Waals surface area contributed by atoms with Crippen LogP contribution in [0, 0.1) is 0 Å². The molecule has 2 N–H and O–H groups in total. The number of carboxylic acids is 1. The Morgan fingerprint density at radius 3 is 1.44 bits per heavy atom. The molecule has 0 aromatic heterocycles. The molecule has 0 atom stereocenters. The fraction of sp³-hybridized carbons (Fsp3) is 0.133. The first kappa shape index (κ1) is 13.9. The van der Waals surface area contributed by atoms with E-state index in [1.807, 2.05) is 60.7 Å². The van der Waals surface area contributed by atoms with Gasteiger partial charge < -0.3 is 10.2 Å². The average Bonchev–Trinajstić information content (AvgIpc) is 2.39. The number of aliphatic hydroxyl groups excluding tert-OH is 1. The number of benzene rings is 2. The SMILES string of the molecule is CC(=O)O.OC(c1ccccc1)c1ccccc1. The highest BCUT2D eigenvalue weighted by Crippen LogP contribution is 2.20. The van der Waals surface area contributed by atoms with Gasteiger partial charge in [0.05, 0.1) is 0 Å². The summed E-state index contributed by atoms with van der Waals surface area (Å²) in [6.45, 7) is 1.08. The lowest BCUT2D eigenvalue weighted by atomic mass is 10.0. The summed E-state index contributed by atoms with van der Waals surface area (Å²) in [5.41, 5.74) is 1.86. The van der Waals surface area contributed by atoms with Crippen LogP contribution in [-0.4, -0.2) is 16.2 Å². The van der Waals surface area contributed by atoms with Gasteiger partial charge in [-0.2, -0.15) is 0 Å². The minimum Gasteiger partial charge on any atom is -0.481 e. The Morgan fingerprint density at radius 1 is 0.889 bits per heavy atom. The van der Waals surface area contributed by atoms with Crippen LogP contribution in [0.2, 0.25) is 0 Å². The van der Waals surface area contributed by atoms with Gasteiger partial charge in [-0.1, -0.05) is 60.7 Å². The van der Waals surface area contributed by atoms with Gasteiger partial charge in [-0.05, 0) is 11.1 Å². The van der Waals surface area contributed by atoms with Gasteiger partial charge in [-0.15, -0.1) is 0 Å². The zero-order valence-corrected chi connectivity index (χ0v) is 10.2. The van der Waals surface area contributed by atoms with Gasteiger partial charge >= 0.3 is 0 Å². The molecule has 18 heavy (non-hydrogen) atoms. The summed E-state index contributed by atoms with van der Waals surface area (Å²) >= 11 is 0. The van der Waals surface area contributed by atoms with Gasteiger partial charge in [-0.3, -0.25) is 4.79 Å². The molecule has 0 heterocycles. The smallest absolute Gasteiger partial charge is 0.300 e. The molecule has 0 spiro atoms. The third-order valence-corrected chi connectivity index (χ3v) is 2.23. The third kappa shape index (κ3) is 4.80. The largest absolute Gasteiger partial charge is 0.481 e. The average molecular weight is 244 g/mol. The third-order valence-electron chi connectivity index (χ3n) is 2.23. The molecule has 0 fully saturated rings. The first-order valence-electron chi connectivity index (χ1n) is 5.58. The van der Waals surface area contributed by atoms with Crippen molar-refractivity contribution in [3.63, 3.8) is 0 Å². The summed E-state index contributed by atoms with van der Waals surface area (Å²) in [4.78, 5) is 9.00. The van der Waals surface area contributed by atoms with Gasteiger partial charge in [0.1, 0.15) is 6.10 Å². The van der Waals surface area contributed by atoms with Crippen LogP contribution in [0.4, 0.5) is 0 Å². The number of hydrogen-bond donors (Lipinski definition) is 2. The molecule has 94 valence electrons. The van der Waals surface area contributed by atoms with Crippen molar-refractivity contribution in [2.75, 3.05) is 0 Å². The maximum atomic E-state index is 9.99. The van der Waals surface area contributed by atoms with Crippen LogP contribution in [0.25, 0.3) is 0 Å². The van der Waals surface area contributed by atoms with Gasteiger partial charge in [0.25, 0.3) is 5.97 Å². The Bertz CT molecular complexity index is 422. The van der Waals surface area contributed by atoms with Crippen LogP contribution in [0.3, 0.4) is 0 Å². The Hall–Kier alpha value is -2.13. The number of hydrogen-bond acceptors (Lipinski definition) is 2. The van der Waals surface area contributed by atoms with Crippen molar-refractivity contribution in [3.8, 4) is 0 Å². The molecule has 0 bridgehead atoms. The molecule has 0 aliphatic rings. The summed E-state index contributed by atoms with van der Waals surface area (Å²) in [6.07, 6.45) is -0.516. The summed E-state index contributed by atoms with van der Waals surface area (Å²) in [6, 6.07) is 19.3. The van der Waals surface area contributed by atoms with E-state index in [-0.39, 0.29) is 0 Å². The maximum absolute atomic E-state index is 9.99. The van der Waals surface area contributed by atoms with Crippen LogP contribution in [-0.2, 0) is 4.79 Å². The molecule has 0 aliphatic carbocycles. The van der Waals surface area contributed by atoms with Crippen LogP contribution in [0.1, 0.15) is 24.2 Å². The molecule has 0 unspecified atom stereocenters. The van der Waals surface area contributed by atoms with Crippen LogP contribution in [0.15, 0.2) is 60.7 Å².